The molecule has 6 nitrogen and oxygen atoms in total. The number of anilines is 1. The van der Waals surface area contributed by atoms with Gasteiger partial charge in [-0.25, -0.2) is 9.97 Å². The van der Waals surface area contributed by atoms with Gasteiger partial charge in [0.05, 0.1) is 5.01 Å². The summed E-state index contributed by atoms with van der Waals surface area (Å²) in [4.78, 5) is 24.4. The van der Waals surface area contributed by atoms with Crippen molar-refractivity contribution in [3.05, 3.63) is 38.8 Å². The molecular weight excluding hydrogens is 322 g/mol. The number of nitrogens with one attached hydrogen (secondary N) is 1. The minimum absolute atomic E-state index is 0.0128. The lowest BCUT2D eigenvalue weighted by Gasteiger charge is -2.32. The molecule has 3 heterocycles. The molecule has 24 heavy (non-hydrogen) atoms. The minimum atomic E-state index is -0.0128. The van der Waals surface area contributed by atoms with Crippen LogP contribution in [0.4, 0.5) is 5.82 Å². The Bertz CT molecular complexity index is 758. The Balaban J connectivity index is 1.29. The third-order valence-electron chi connectivity index (χ3n) is 4.86. The summed E-state index contributed by atoms with van der Waals surface area (Å²) in [5.41, 5.74) is -0.0128. The van der Waals surface area contributed by atoms with Crippen molar-refractivity contribution in [1.82, 2.24) is 19.9 Å². The zero-order valence-electron chi connectivity index (χ0n) is 13.9. The molecule has 0 aromatic carbocycles. The smallest absolute Gasteiger partial charge is 0.293 e. The van der Waals surface area contributed by atoms with Gasteiger partial charge in [0.1, 0.15) is 0 Å². The van der Waals surface area contributed by atoms with Gasteiger partial charge in [-0.15, -0.1) is 11.3 Å². The highest BCUT2D eigenvalue weighted by Gasteiger charge is 2.27. The van der Waals surface area contributed by atoms with Crippen LogP contribution in [0.1, 0.15) is 41.5 Å². The summed E-state index contributed by atoms with van der Waals surface area (Å²) in [6.07, 6.45) is 10.1. The van der Waals surface area contributed by atoms with E-state index >= 15 is 0 Å². The van der Waals surface area contributed by atoms with Crippen LogP contribution in [0.3, 0.4) is 0 Å². The second-order valence-corrected chi connectivity index (χ2v) is 7.89. The highest BCUT2D eigenvalue weighted by molar-refractivity contribution is 7.11. The molecule has 2 aromatic heterocycles. The second kappa shape index (κ2) is 6.64. The molecule has 1 saturated heterocycles. The van der Waals surface area contributed by atoms with Crippen molar-refractivity contribution in [3.8, 4) is 0 Å². The molecule has 2 fully saturated rings. The van der Waals surface area contributed by atoms with E-state index in [1.807, 2.05) is 17.5 Å². The normalized spacial score (nSPS) is 19.0. The summed E-state index contributed by atoms with van der Waals surface area (Å²) in [6.45, 7) is 2.65. The Kier molecular flexibility index (Phi) is 4.37. The van der Waals surface area contributed by atoms with E-state index in [1.54, 1.807) is 24.0 Å². The molecule has 7 heteroatoms. The van der Waals surface area contributed by atoms with Crippen LogP contribution in [-0.2, 0) is 13.6 Å². The maximum atomic E-state index is 12.2. The van der Waals surface area contributed by atoms with Gasteiger partial charge in [-0.1, -0.05) is 0 Å². The highest BCUT2D eigenvalue weighted by Crippen LogP contribution is 2.41. The first-order valence-corrected chi connectivity index (χ1v) is 9.47. The Morgan fingerprint density at radius 2 is 2.04 bits per heavy atom. The predicted octanol–water partition coefficient (Wildman–Crippen LogP) is 1.87. The van der Waals surface area contributed by atoms with Gasteiger partial charge >= 0.3 is 0 Å². The van der Waals surface area contributed by atoms with Crippen LogP contribution in [0.25, 0.3) is 0 Å². The van der Waals surface area contributed by atoms with E-state index in [4.69, 9.17) is 0 Å². The average Bonchev–Trinajstić information content (AvgIpc) is 3.35. The largest absolute Gasteiger partial charge is 0.352 e. The maximum Gasteiger partial charge on any atom is 0.293 e. The van der Waals surface area contributed by atoms with E-state index in [0.29, 0.717) is 11.9 Å². The van der Waals surface area contributed by atoms with Gasteiger partial charge in [-0.2, -0.15) is 0 Å². The number of thiazole rings is 1. The van der Waals surface area contributed by atoms with Crippen LogP contribution in [0.2, 0.25) is 0 Å². The second-order valence-electron chi connectivity index (χ2n) is 6.75. The summed E-state index contributed by atoms with van der Waals surface area (Å²) in [6, 6.07) is 0.500. The molecule has 2 aliphatic rings. The van der Waals surface area contributed by atoms with Crippen LogP contribution < -0.4 is 15.8 Å². The van der Waals surface area contributed by atoms with Crippen molar-refractivity contribution in [2.75, 3.05) is 18.0 Å². The molecule has 0 atom stereocenters. The summed E-state index contributed by atoms with van der Waals surface area (Å²) in [5.74, 6) is 1.32. The Labute approximate surface area is 145 Å². The number of piperidine rings is 1. The van der Waals surface area contributed by atoms with Crippen LogP contribution in [-0.4, -0.2) is 33.7 Å². The number of aryl methyl sites for hydroxylation is 1. The number of hydrogen-bond donors (Lipinski definition) is 1. The number of hydrogen-bond acceptors (Lipinski definition) is 6. The van der Waals surface area contributed by atoms with Crippen molar-refractivity contribution < 1.29 is 0 Å². The fourth-order valence-corrected chi connectivity index (χ4v) is 4.20. The summed E-state index contributed by atoms with van der Waals surface area (Å²) < 4.78 is 1.59. The van der Waals surface area contributed by atoms with Crippen molar-refractivity contribution in [2.45, 2.75) is 44.2 Å². The summed E-state index contributed by atoms with van der Waals surface area (Å²) in [5, 5.41) is 4.96. The Hall–Kier alpha value is -1.73. The van der Waals surface area contributed by atoms with Gasteiger partial charge in [0, 0.05) is 62.1 Å². The molecule has 1 saturated carbocycles. The van der Waals surface area contributed by atoms with E-state index in [1.165, 1.54) is 22.7 Å². The summed E-state index contributed by atoms with van der Waals surface area (Å²) >= 11 is 1.85. The molecule has 0 spiro atoms. The zero-order valence-corrected chi connectivity index (χ0v) is 14.8. The first-order valence-electron chi connectivity index (χ1n) is 8.65. The van der Waals surface area contributed by atoms with Gasteiger partial charge in [0.25, 0.3) is 5.56 Å². The van der Waals surface area contributed by atoms with Crippen molar-refractivity contribution in [1.29, 1.82) is 0 Å². The molecule has 0 bridgehead atoms. The average molecular weight is 345 g/mol. The third kappa shape index (κ3) is 3.37. The van der Waals surface area contributed by atoms with E-state index in [9.17, 15) is 4.79 Å². The number of nitrogens with zero attached hydrogens (tertiary/aromatic N) is 4. The van der Waals surface area contributed by atoms with Crippen molar-refractivity contribution in [2.24, 2.45) is 7.05 Å². The fourth-order valence-electron chi connectivity index (χ4n) is 3.17. The van der Waals surface area contributed by atoms with Crippen LogP contribution in [0.5, 0.6) is 0 Å². The lowest BCUT2D eigenvalue weighted by molar-refractivity contribution is 0.413. The van der Waals surface area contributed by atoms with Gasteiger partial charge in [-0.05, 0) is 25.7 Å². The van der Waals surface area contributed by atoms with E-state index in [-0.39, 0.29) is 5.56 Å². The SMILES string of the molecule is Cn1ccnc(N2CCC(NCc3cnc(C4CC4)s3)CC2)c1=O. The Morgan fingerprint density at radius 1 is 1.25 bits per heavy atom. The molecule has 1 N–H and O–H groups in total. The minimum Gasteiger partial charge on any atom is -0.352 e. The van der Waals surface area contributed by atoms with Crippen LogP contribution in [0.15, 0.2) is 23.4 Å². The number of aromatic nitrogens is 3. The molecular formula is C17H23N5OS. The zero-order chi connectivity index (χ0) is 16.5. The molecule has 2 aromatic rings. The first kappa shape index (κ1) is 15.8. The van der Waals surface area contributed by atoms with Crippen molar-refractivity contribution in [3.63, 3.8) is 0 Å². The standard InChI is InChI=1S/C17H23N5OS/c1-21-9-6-18-15(17(21)23)22-7-4-13(5-8-22)19-10-14-11-20-16(24-14)12-2-3-12/h6,9,11-13,19H,2-5,7-8,10H2,1H3. The molecule has 0 radical (unpaired) electrons. The lowest BCUT2D eigenvalue weighted by Crippen LogP contribution is -2.44. The van der Waals surface area contributed by atoms with Crippen LogP contribution >= 0.6 is 11.3 Å². The monoisotopic (exact) mass is 345 g/mol. The predicted molar refractivity (Wildman–Crippen MR) is 95.6 cm³/mol. The highest BCUT2D eigenvalue weighted by atomic mass is 32.1. The summed E-state index contributed by atoms with van der Waals surface area (Å²) in [7, 11) is 1.77. The fraction of sp³-hybridized carbons (Fsp3) is 0.588. The first-order chi connectivity index (χ1) is 11.7. The number of rotatable bonds is 5. The molecule has 4 rings (SSSR count). The molecule has 0 amide bonds. The molecule has 1 aliphatic heterocycles. The van der Waals surface area contributed by atoms with Gasteiger partial charge in [0.15, 0.2) is 5.82 Å². The lowest BCUT2D eigenvalue weighted by atomic mass is 10.1. The van der Waals surface area contributed by atoms with E-state index < -0.39 is 0 Å². The third-order valence-corrected chi connectivity index (χ3v) is 6.02. The molecule has 128 valence electrons. The van der Waals surface area contributed by atoms with Gasteiger partial charge < -0.3 is 14.8 Å². The quantitative estimate of drug-likeness (QED) is 0.896. The van der Waals surface area contributed by atoms with Gasteiger partial charge in [0.2, 0.25) is 0 Å². The van der Waals surface area contributed by atoms with Gasteiger partial charge in [-0.3, -0.25) is 4.79 Å². The van der Waals surface area contributed by atoms with E-state index in [2.05, 4.69) is 20.2 Å². The Morgan fingerprint density at radius 3 is 2.79 bits per heavy atom. The molecule has 0 unspecified atom stereocenters. The maximum absolute atomic E-state index is 12.2. The topological polar surface area (TPSA) is 63.1 Å². The van der Waals surface area contributed by atoms with Crippen LogP contribution in [0, 0.1) is 0 Å². The van der Waals surface area contributed by atoms with E-state index in [0.717, 1.165) is 38.4 Å². The van der Waals surface area contributed by atoms with Crippen molar-refractivity contribution >= 4 is 17.2 Å². The molecule has 1 aliphatic carbocycles.